The van der Waals surface area contributed by atoms with Crippen LogP contribution in [0.3, 0.4) is 0 Å². The van der Waals surface area contributed by atoms with Crippen molar-refractivity contribution in [2.75, 3.05) is 0 Å². The summed E-state index contributed by atoms with van der Waals surface area (Å²) in [4.78, 5) is 4.35. The van der Waals surface area contributed by atoms with Crippen LogP contribution in [0.15, 0.2) is 54.7 Å². The molecule has 1 nitrogen and oxygen atoms in total. The second kappa shape index (κ2) is 7.81. The van der Waals surface area contributed by atoms with Gasteiger partial charge in [0.15, 0.2) is 0 Å². The van der Waals surface area contributed by atoms with Crippen LogP contribution >= 0.6 is 11.3 Å². The van der Waals surface area contributed by atoms with Gasteiger partial charge in [-0.15, -0.1) is 11.3 Å². The number of halogens is 3. The van der Waals surface area contributed by atoms with Gasteiger partial charge in [-0.3, -0.25) is 4.98 Å². The van der Waals surface area contributed by atoms with Gasteiger partial charge < -0.3 is 0 Å². The molecule has 2 heterocycles. The number of aromatic nitrogens is 1. The summed E-state index contributed by atoms with van der Waals surface area (Å²) in [6, 6.07) is 16.2. The van der Waals surface area contributed by atoms with E-state index in [0.717, 1.165) is 44.8 Å². The first-order valence-corrected chi connectivity index (χ1v) is 12.2. The van der Waals surface area contributed by atoms with Crippen molar-refractivity contribution in [3.8, 4) is 11.3 Å². The van der Waals surface area contributed by atoms with Crippen molar-refractivity contribution in [2.45, 2.75) is 47.2 Å². The summed E-state index contributed by atoms with van der Waals surface area (Å²) in [6.07, 6.45) is -2.55. The van der Waals surface area contributed by atoms with Crippen molar-refractivity contribution in [3.05, 3.63) is 77.0 Å². The predicted molar refractivity (Wildman–Crippen MR) is 138 cm³/mol. The van der Waals surface area contributed by atoms with Crippen molar-refractivity contribution in [1.82, 2.24) is 4.98 Å². The number of rotatable bonds is 2. The maximum Gasteiger partial charge on any atom is 0.418 e. The van der Waals surface area contributed by atoms with Crippen LogP contribution < -0.4 is 0 Å². The summed E-state index contributed by atoms with van der Waals surface area (Å²) in [5.74, 6) is 0. The quantitative estimate of drug-likeness (QED) is 0.247. The molecule has 0 unspecified atom stereocenters. The molecule has 0 bridgehead atoms. The zero-order chi connectivity index (χ0) is 24.4. The molecule has 0 saturated carbocycles. The van der Waals surface area contributed by atoms with E-state index in [0.29, 0.717) is 15.8 Å². The molecule has 0 N–H and O–H groups in total. The summed E-state index contributed by atoms with van der Waals surface area (Å²) in [5, 5.41) is 2.92. The zero-order valence-electron chi connectivity index (χ0n) is 19.9. The van der Waals surface area contributed by atoms with Gasteiger partial charge in [0, 0.05) is 27.2 Å². The van der Waals surface area contributed by atoms with Crippen molar-refractivity contribution >= 4 is 42.3 Å². The summed E-state index contributed by atoms with van der Waals surface area (Å²) in [6.45, 7) is 10.6. The topological polar surface area (TPSA) is 12.9 Å². The minimum atomic E-state index is -4.48. The highest BCUT2D eigenvalue weighted by Crippen LogP contribution is 2.47. The van der Waals surface area contributed by atoms with E-state index in [1.165, 1.54) is 16.9 Å². The molecule has 0 aliphatic heterocycles. The molecular weight excluding hydrogens is 451 g/mol. The molecule has 5 aromatic rings. The smallest absolute Gasteiger partial charge is 0.254 e. The van der Waals surface area contributed by atoms with Gasteiger partial charge in [0.1, 0.15) is 0 Å². The second-order valence-corrected chi connectivity index (χ2v) is 11.5. The molecule has 5 heteroatoms. The number of thiophene rings is 1. The number of alkyl halides is 3. The van der Waals surface area contributed by atoms with Gasteiger partial charge in [-0.25, -0.2) is 0 Å². The first-order chi connectivity index (χ1) is 15.9. The van der Waals surface area contributed by atoms with Gasteiger partial charge in [0.25, 0.3) is 0 Å². The average Bonchev–Trinajstić information content (AvgIpc) is 3.10. The summed E-state index contributed by atoms with van der Waals surface area (Å²) in [7, 11) is 0. The van der Waals surface area contributed by atoms with E-state index in [-0.39, 0.29) is 10.8 Å². The molecule has 2 aromatic heterocycles. The van der Waals surface area contributed by atoms with E-state index >= 15 is 0 Å². The molecule has 0 amide bonds. The van der Waals surface area contributed by atoms with Gasteiger partial charge in [-0.05, 0) is 54.2 Å². The third-order valence-corrected chi connectivity index (χ3v) is 7.32. The summed E-state index contributed by atoms with van der Waals surface area (Å²) in [5.41, 5.74) is 4.28. The Morgan fingerprint density at radius 3 is 2.15 bits per heavy atom. The fourth-order valence-corrected chi connectivity index (χ4v) is 6.24. The van der Waals surface area contributed by atoms with Crippen LogP contribution in [0.1, 0.15) is 43.0 Å². The van der Waals surface area contributed by atoms with Gasteiger partial charge >= 0.3 is 6.18 Å². The van der Waals surface area contributed by atoms with Crippen LogP contribution in [0, 0.1) is 19.3 Å². The van der Waals surface area contributed by atoms with Crippen LogP contribution in [0.25, 0.3) is 42.2 Å². The molecule has 0 aliphatic rings. The Kier molecular flexibility index (Phi) is 5.25. The largest absolute Gasteiger partial charge is 0.418 e. The van der Waals surface area contributed by atoms with E-state index in [4.69, 9.17) is 0 Å². The summed E-state index contributed by atoms with van der Waals surface area (Å²) >= 11 is 1.41. The first kappa shape index (κ1) is 22.9. The van der Waals surface area contributed by atoms with Crippen molar-refractivity contribution in [2.24, 2.45) is 5.41 Å². The number of fused-ring (bicyclic) bond motifs is 5. The molecule has 174 valence electrons. The minimum absolute atomic E-state index is 0.156. The fraction of sp³-hybridized carbons (Fsp3) is 0.276. The lowest BCUT2D eigenvalue weighted by Crippen LogP contribution is -2.08. The Balaban J connectivity index is 1.84. The van der Waals surface area contributed by atoms with E-state index in [1.807, 2.05) is 38.1 Å². The molecule has 0 radical (unpaired) electrons. The van der Waals surface area contributed by atoms with Crippen LogP contribution in [0.2, 0.25) is 0 Å². The first-order valence-electron chi connectivity index (χ1n) is 11.3. The maximum atomic E-state index is 14.1. The van der Waals surface area contributed by atoms with Crippen LogP contribution in [-0.4, -0.2) is 4.98 Å². The highest BCUT2D eigenvalue weighted by Gasteiger charge is 2.35. The SMILES string of the molecule is Cc1cc(C)cc(-c2ncc(C(F)(F)F)c3c2sc2c4ccc(CC(C)(C)C)cc4ccc23)c1. The number of aryl methyl sites for hydroxylation is 2. The molecule has 0 saturated heterocycles. The molecule has 0 aliphatic carbocycles. The number of hydrogen-bond donors (Lipinski definition) is 0. The maximum absolute atomic E-state index is 14.1. The standard InChI is InChI=1S/C29H26F3NS/c1-16-10-17(2)12-20(11-16)25-27-24(23(15-33-25)29(30,31)32)22-9-7-19-13-18(14-28(3,4)5)6-8-21(19)26(22)34-27/h6-13,15H,14H2,1-5H3. The highest BCUT2D eigenvalue weighted by molar-refractivity contribution is 7.27. The molecule has 0 spiro atoms. The Morgan fingerprint density at radius 2 is 1.50 bits per heavy atom. The fourth-order valence-electron chi connectivity index (χ4n) is 4.87. The minimum Gasteiger partial charge on any atom is -0.254 e. The molecular formula is C29H26F3NS. The lowest BCUT2D eigenvalue weighted by atomic mass is 9.87. The van der Waals surface area contributed by atoms with E-state index in [9.17, 15) is 13.2 Å². The number of nitrogens with zero attached hydrogens (tertiary/aromatic N) is 1. The molecule has 34 heavy (non-hydrogen) atoms. The number of benzene rings is 3. The number of pyridine rings is 1. The molecule has 0 atom stereocenters. The van der Waals surface area contributed by atoms with Crippen molar-refractivity contribution < 1.29 is 13.2 Å². The van der Waals surface area contributed by atoms with Crippen LogP contribution in [0.5, 0.6) is 0 Å². The Labute approximate surface area is 201 Å². The third kappa shape index (κ3) is 4.07. The Bertz CT molecular complexity index is 1550. The van der Waals surface area contributed by atoms with Crippen LogP contribution in [0.4, 0.5) is 13.2 Å². The Morgan fingerprint density at radius 1 is 0.824 bits per heavy atom. The van der Waals surface area contributed by atoms with E-state index in [2.05, 4.69) is 50.0 Å². The monoisotopic (exact) mass is 477 g/mol. The van der Waals surface area contributed by atoms with Crippen molar-refractivity contribution in [1.29, 1.82) is 0 Å². The van der Waals surface area contributed by atoms with Crippen LogP contribution in [-0.2, 0) is 12.6 Å². The third-order valence-electron chi connectivity index (χ3n) is 6.08. The predicted octanol–water partition coefficient (Wildman–Crippen LogP) is 9.49. The zero-order valence-corrected chi connectivity index (χ0v) is 20.7. The van der Waals surface area contributed by atoms with E-state index < -0.39 is 11.7 Å². The highest BCUT2D eigenvalue weighted by atomic mass is 32.1. The van der Waals surface area contributed by atoms with Crippen molar-refractivity contribution in [3.63, 3.8) is 0 Å². The van der Waals surface area contributed by atoms with Gasteiger partial charge in [0.05, 0.1) is 16.0 Å². The average molecular weight is 478 g/mol. The van der Waals surface area contributed by atoms with Gasteiger partial charge in [0.2, 0.25) is 0 Å². The lowest BCUT2D eigenvalue weighted by Gasteiger charge is -2.18. The van der Waals surface area contributed by atoms with Gasteiger partial charge in [-0.1, -0.05) is 68.3 Å². The Hall–Kier alpha value is -2.92. The summed E-state index contributed by atoms with van der Waals surface area (Å²) < 4.78 is 43.7. The van der Waals surface area contributed by atoms with Gasteiger partial charge in [-0.2, -0.15) is 13.2 Å². The number of hydrogen-bond acceptors (Lipinski definition) is 2. The van der Waals surface area contributed by atoms with E-state index in [1.54, 1.807) is 0 Å². The molecule has 3 aromatic carbocycles. The molecule has 5 rings (SSSR count). The second-order valence-electron chi connectivity index (χ2n) is 10.4. The normalized spacial score (nSPS) is 12.8. The molecule has 0 fully saturated rings. The lowest BCUT2D eigenvalue weighted by molar-refractivity contribution is -0.136.